The van der Waals surface area contributed by atoms with Crippen molar-refractivity contribution < 1.29 is 29.6 Å². The molecule has 63 heavy (non-hydrogen) atoms. The number of phenols is 1. The summed E-state index contributed by atoms with van der Waals surface area (Å²) in [5, 5.41) is 37.2. The monoisotopic (exact) mass is 861 g/mol. The third kappa shape index (κ3) is 10.4. The lowest BCUT2D eigenvalue weighted by atomic mass is 9.85. The number of ketones is 1. The van der Waals surface area contributed by atoms with E-state index < -0.39 is 17.7 Å². The Morgan fingerprint density at radius 1 is 0.857 bits per heavy atom. The molecule has 1 aliphatic heterocycles. The molecule has 2 aromatic heterocycles. The van der Waals surface area contributed by atoms with E-state index in [1.54, 1.807) is 53.8 Å². The highest BCUT2D eigenvalue weighted by atomic mass is 32.1. The van der Waals surface area contributed by atoms with Crippen LogP contribution in [0.3, 0.4) is 0 Å². The minimum atomic E-state index is -2.01. The summed E-state index contributed by atoms with van der Waals surface area (Å²) < 4.78 is 5.99. The number of fused-ring (bicyclic) bond motifs is 1. The van der Waals surface area contributed by atoms with Crippen molar-refractivity contribution in [2.75, 3.05) is 26.2 Å². The number of aromatic hydroxyl groups is 1. The number of benzene rings is 5. The first kappa shape index (κ1) is 43.4. The van der Waals surface area contributed by atoms with Gasteiger partial charge in [0.2, 0.25) is 11.2 Å². The molecule has 1 saturated heterocycles. The van der Waals surface area contributed by atoms with Gasteiger partial charge in [-0.2, -0.15) is 0 Å². The second-order valence-corrected chi connectivity index (χ2v) is 17.5. The number of carbonyl (C=O) groups excluding carboxylic acids is 2. The number of thiophene rings is 1. The summed E-state index contributed by atoms with van der Waals surface area (Å²) in [5.74, 6) is -0.559. The molecule has 1 aliphatic rings. The topological polar surface area (TPSA) is 152 Å². The summed E-state index contributed by atoms with van der Waals surface area (Å²) in [5.41, 5.74) is 3.07. The van der Waals surface area contributed by atoms with E-state index in [-0.39, 0.29) is 41.7 Å². The molecule has 1 fully saturated rings. The van der Waals surface area contributed by atoms with Crippen LogP contribution in [0.4, 0.5) is 0 Å². The number of nitrogens with zero attached hydrogens (tertiary/aromatic N) is 1. The molecule has 5 N–H and O–H groups in total. The fourth-order valence-electron chi connectivity index (χ4n) is 8.42. The molecule has 5 aromatic carbocycles. The molecule has 0 amide bonds. The van der Waals surface area contributed by atoms with Crippen molar-refractivity contribution in [3.8, 4) is 16.2 Å². The molecule has 3 heterocycles. The Labute approximate surface area is 370 Å². The molecular weight excluding hydrogens is 811 g/mol. The van der Waals surface area contributed by atoms with E-state index in [1.165, 1.54) is 17.7 Å². The Morgan fingerprint density at radius 3 is 2.41 bits per heavy atom. The van der Waals surface area contributed by atoms with Crippen molar-refractivity contribution in [2.24, 2.45) is 5.92 Å². The van der Waals surface area contributed by atoms with Crippen LogP contribution in [-0.4, -0.2) is 63.2 Å². The zero-order valence-electron chi connectivity index (χ0n) is 34.9. The average molecular weight is 862 g/mol. The molecular formula is C52H51N3O7S. The number of esters is 1. The minimum absolute atomic E-state index is 0.0303. The van der Waals surface area contributed by atoms with E-state index >= 15 is 0 Å². The fraction of sp³-hybridized carbons (Fsp3) is 0.250. The number of ether oxygens (including phenoxy) is 1. The standard InChI is InChI=1S/C52H51N3O7S/c56-45(38-18-16-35(17-19-38)30-53-31-47(58)43-22-25-46(57)50-44(43)23-27-49(59)54-50)24-20-42-21-26-48(63-42)39-12-7-15-41(29-39)52(61,40-13-5-2-6-14-40)51(60)62-34-37-11-8-28-55(33-37)32-36-9-3-1-4-10-36/h1-7,9-10,12-19,21-23,25-27,29,37,47,53,57-58,61H,8,11,20,24,28,30-34H2,(H,54,59)/t37-,47-,52-/m0/s1. The van der Waals surface area contributed by atoms with Gasteiger partial charge < -0.3 is 30.4 Å². The summed E-state index contributed by atoms with van der Waals surface area (Å²) in [6, 6.07) is 44.3. The van der Waals surface area contributed by atoms with Gasteiger partial charge >= 0.3 is 5.97 Å². The first-order valence-electron chi connectivity index (χ1n) is 21.4. The molecule has 11 heteroatoms. The number of hydrogen-bond acceptors (Lipinski definition) is 10. The fourth-order valence-corrected chi connectivity index (χ4v) is 9.42. The smallest absolute Gasteiger partial charge is 0.347 e. The van der Waals surface area contributed by atoms with Crippen LogP contribution in [-0.2, 0) is 34.6 Å². The van der Waals surface area contributed by atoms with Crippen LogP contribution < -0.4 is 10.9 Å². The van der Waals surface area contributed by atoms with Crippen LogP contribution >= 0.6 is 11.3 Å². The lowest BCUT2D eigenvalue weighted by Crippen LogP contribution is -2.41. The number of rotatable bonds is 17. The van der Waals surface area contributed by atoms with E-state index in [2.05, 4.69) is 39.5 Å². The van der Waals surface area contributed by atoms with E-state index in [0.29, 0.717) is 47.0 Å². The van der Waals surface area contributed by atoms with Gasteiger partial charge in [0, 0.05) is 70.9 Å². The number of pyridine rings is 1. The largest absolute Gasteiger partial charge is 0.506 e. The molecule has 0 radical (unpaired) electrons. The molecule has 0 unspecified atom stereocenters. The second kappa shape index (κ2) is 19.9. The highest BCUT2D eigenvalue weighted by molar-refractivity contribution is 7.15. The molecule has 8 rings (SSSR count). The summed E-state index contributed by atoms with van der Waals surface area (Å²) in [6.45, 7) is 3.61. The van der Waals surface area contributed by atoms with E-state index in [1.807, 2.05) is 66.7 Å². The number of aromatic nitrogens is 1. The highest BCUT2D eigenvalue weighted by Gasteiger charge is 2.42. The summed E-state index contributed by atoms with van der Waals surface area (Å²) in [4.78, 5) is 46.1. The van der Waals surface area contributed by atoms with Crippen LogP contribution in [0.1, 0.15) is 68.4 Å². The van der Waals surface area contributed by atoms with Gasteiger partial charge in [0.1, 0.15) is 5.75 Å². The predicted octanol–water partition coefficient (Wildman–Crippen LogP) is 8.29. The van der Waals surface area contributed by atoms with E-state index in [4.69, 9.17) is 4.74 Å². The number of H-pyrrole nitrogens is 1. The van der Waals surface area contributed by atoms with Crippen molar-refractivity contribution in [1.82, 2.24) is 15.2 Å². The van der Waals surface area contributed by atoms with Crippen molar-refractivity contribution in [3.63, 3.8) is 0 Å². The number of nitrogens with one attached hydrogen (secondary N) is 2. The van der Waals surface area contributed by atoms with Crippen LogP contribution in [0.2, 0.25) is 0 Å². The van der Waals surface area contributed by atoms with Gasteiger partial charge in [-0.05, 0) is 84.0 Å². The molecule has 3 atom stereocenters. The van der Waals surface area contributed by atoms with Gasteiger partial charge in [0.25, 0.3) is 0 Å². The number of piperidine rings is 1. The molecule has 10 nitrogen and oxygen atoms in total. The van der Waals surface area contributed by atoms with Gasteiger partial charge in [0.15, 0.2) is 5.78 Å². The number of aromatic amines is 1. The van der Waals surface area contributed by atoms with Gasteiger partial charge in [0.05, 0.1) is 18.2 Å². The van der Waals surface area contributed by atoms with Crippen molar-refractivity contribution in [1.29, 1.82) is 0 Å². The molecule has 0 aliphatic carbocycles. The van der Waals surface area contributed by atoms with Gasteiger partial charge in [-0.15, -0.1) is 11.3 Å². The Kier molecular flexibility index (Phi) is 13.7. The maximum Gasteiger partial charge on any atom is 0.347 e. The summed E-state index contributed by atoms with van der Waals surface area (Å²) in [6.07, 6.45) is 1.99. The average Bonchev–Trinajstić information content (AvgIpc) is 3.80. The van der Waals surface area contributed by atoms with Gasteiger partial charge in [-0.3, -0.25) is 14.5 Å². The zero-order chi connectivity index (χ0) is 43.8. The first-order valence-corrected chi connectivity index (χ1v) is 22.2. The van der Waals surface area contributed by atoms with Crippen LogP contribution in [0, 0.1) is 5.92 Å². The number of Topliss-reactive ketones (excluding diaryl/α,β-unsaturated/α-hetero) is 1. The Morgan fingerprint density at radius 2 is 1.62 bits per heavy atom. The van der Waals surface area contributed by atoms with E-state index in [0.717, 1.165) is 53.4 Å². The highest BCUT2D eigenvalue weighted by Crippen LogP contribution is 2.36. The number of likely N-dealkylation sites (tertiary alicyclic amines) is 1. The maximum absolute atomic E-state index is 14.0. The SMILES string of the molecule is O=C(CCc1ccc(-c2cccc([C@](O)(C(=O)OC[C@H]3CCCN(Cc4ccccc4)C3)c3ccccc3)c2)s1)c1ccc(CNC[C@H](O)c2ccc(O)c3[nH]c(=O)ccc23)cc1. The quantitative estimate of drug-likeness (QED) is 0.0450. The number of aliphatic hydroxyl groups excluding tert-OH is 1. The van der Waals surface area contributed by atoms with Crippen molar-refractivity contribution >= 4 is 34.0 Å². The van der Waals surface area contributed by atoms with Crippen molar-refractivity contribution in [2.45, 2.75) is 50.5 Å². The molecule has 0 spiro atoms. The molecule has 0 bridgehead atoms. The number of hydrogen-bond donors (Lipinski definition) is 5. The maximum atomic E-state index is 14.0. The normalized spacial score (nSPS) is 15.7. The number of aryl methyl sites for hydroxylation is 1. The Hall–Kier alpha value is -6.21. The number of phenolic OH excluding ortho intramolecular Hbond substituents is 1. The Balaban J connectivity index is 0.861. The van der Waals surface area contributed by atoms with Crippen LogP contribution in [0.25, 0.3) is 21.3 Å². The third-order valence-corrected chi connectivity index (χ3v) is 13.0. The number of aliphatic hydroxyl groups is 2. The first-order chi connectivity index (χ1) is 30.6. The van der Waals surface area contributed by atoms with Crippen LogP contribution in [0.15, 0.2) is 150 Å². The third-order valence-electron chi connectivity index (χ3n) is 11.8. The van der Waals surface area contributed by atoms with Crippen LogP contribution in [0.5, 0.6) is 5.75 Å². The van der Waals surface area contributed by atoms with Crippen molar-refractivity contribution in [3.05, 3.63) is 194 Å². The molecule has 7 aromatic rings. The second-order valence-electron chi connectivity index (χ2n) is 16.3. The minimum Gasteiger partial charge on any atom is -0.506 e. The molecule has 322 valence electrons. The van der Waals surface area contributed by atoms with Gasteiger partial charge in [-0.25, -0.2) is 4.79 Å². The Bertz CT molecular complexity index is 2720. The lowest BCUT2D eigenvalue weighted by molar-refractivity contribution is -0.164. The van der Waals surface area contributed by atoms with Gasteiger partial charge in [-0.1, -0.05) is 109 Å². The summed E-state index contributed by atoms with van der Waals surface area (Å²) in [7, 11) is 0. The zero-order valence-corrected chi connectivity index (χ0v) is 35.7. The predicted molar refractivity (Wildman–Crippen MR) is 247 cm³/mol. The number of carbonyl (C=O) groups is 2. The molecule has 0 saturated carbocycles. The lowest BCUT2D eigenvalue weighted by Gasteiger charge is -2.33. The summed E-state index contributed by atoms with van der Waals surface area (Å²) >= 11 is 1.58. The van der Waals surface area contributed by atoms with E-state index in [9.17, 15) is 29.7 Å².